The summed E-state index contributed by atoms with van der Waals surface area (Å²) in [6.45, 7) is 0. The largest absolute Gasteiger partial charge is 0.496 e. The molecule has 0 aliphatic rings. The van der Waals surface area contributed by atoms with Crippen molar-refractivity contribution in [2.24, 2.45) is 0 Å². The van der Waals surface area contributed by atoms with Gasteiger partial charge in [0.15, 0.2) is 5.82 Å². The van der Waals surface area contributed by atoms with E-state index >= 15 is 0 Å². The fourth-order valence-electron chi connectivity index (χ4n) is 3.74. The second-order valence-corrected chi connectivity index (χ2v) is 9.67. The van der Waals surface area contributed by atoms with Crippen LogP contribution in [0.3, 0.4) is 0 Å². The third-order valence-electron chi connectivity index (χ3n) is 5.43. The third kappa shape index (κ3) is 4.43. The molecule has 0 aliphatic carbocycles. The van der Waals surface area contributed by atoms with Crippen LogP contribution in [0.15, 0.2) is 88.6 Å². The van der Waals surface area contributed by atoms with Gasteiger partial charge < -0.3 is 9.26 Å². The van der Waals surface area contributed by atoms with E-state index in [1.165, 1.54) is 37.6 Å². The Morgan fingerprint density at radius 2 is 1.80 bits per heavy atom. The molecule has 3 aromatic carbocycles. The average molecular weight is 510 g/mol. The summed E-state index contributed by atoms with van der Waals surface area (Å²) in [5.41, 5.74) is 2.71. The number of nitrogens with zero attached hydrogens (tertiary/aromatic N) is 2. The molecule has 2 aromatic heterocycles. The fraction of sp³-hybridized carbons (Fsp3) is 0.0400. The van der Waals surface area contributed by atoms with Crippen molar-refractivity contribution in [2.45, 2.75) is 4.90 Å². The molecule has 0 radical (unpaired) electrons. The maximum absolute atomic E-state index is 14.0. The molecule has 2 heterocycles. The second-order valence-electron chi connectivity index (χ2n) is 7.58. The van der Waals surface area contributed by atoms with E-state index in [4.69, 9.17) is 16.3 Å². The zero-order valence-electron chi connectivity index (χ0n) is 18.2. The van der Waals surface area contributed by atoms with Crippen molar-refractivity contribution in [1.29, 1.82) is 0 Å². The minimum atomic E-state index is -3.87. The highest BCUT2D eigenvalue weighted by atomic mass is 35.5. The van der Waals surface area contributed by atoms with Crippen LogP contribution in [0, 0.1) is 5.82 Å². The van der Waals surface area contributed by atoms with Gasteiger partial charge in [0.2, 0.25) is 0 Å². The van der Waals surface area contributed by atoms with E-state index < -0.39 is 15.8 Å². The normalized spacial score (nSPS) is 11.5. The number of nitrogens with one attached hydrogen (secondary N) is 1. The van der Waals surface area contributed by atoms with Crippen LogP contribution < -0.4 is 9.46 Å². The Morgan fingerprint density at radius 1 is 1.00 bits per heavy atom. The summed E-state index contributed by atoms with van der Waals surface area (Å²) >= 11 is 5.81. The first-order chi connectivity index (χ1) is 16.9. The number of anilines is 1. The highest BCUT2D eigenvalue weighted by Crippen LogP contribution is 2.37. The number of hydrogen-bond donors (Lipinski definition) is 1. The molecule has 0 saturated carbocycles. The molecule has 1 N–H and O–H groups in total. The van der Waals surface area contributed by atoms with Crippen molar-refractivity contribution < 1.29 is 22.1 Å². The Labute approximate surface area is 205 Å². The lowest BCUT2D eigenvalue weighted by Gasteiger charge is -2.13. The van der Waals surface area contributed by atoms with Gasteiger partial charge in [-0.05, 0) is 59.0 Å². The van der Waals surface area contributed by atoms with Gasteiger partial charge >= 0.3 is 0 Å². The predicted octanol–water partition coefficient (Wildman–Crippen LogP) is 6.16. The SMILES string of the molecule is COc1cc(-c2ccc(Cl)c(F)c2)ccc1-c1nccc2cc(S(=O)(=O)Nc3ccon3)ccc12. The van der Waals surface area contributed by atoms with Crippen LogP contribution in [0.5, 0.6) is 5.75 Å². The molecule has 5 rings (SSSR count). The lowest BCUT2D eigenvalue weighted by molar-refractivity contribution is 0.416. The molecule has 0 amide bonds. The van der Waals surface area contributed by atoms with Gasteiger partial charge in [-0.1, -0.05) is 35.0 Å². The molecule has 0 unspecified atom stereocenters. The highest BCUT2D eigenvalue weighted by molar-refractivity contribution is 7.92. The fourth-order valence-corrected chi connectivity index (χ4v) is 4.89. The Kier molecular flexibility index (Phi) is 5.88. The Bertz CT molecular complexity index is 1660. The quantitative estimate of drug-likeness (QED) is 0.294. The number of fused-ring (bicyclic) bond motifs is 1. The second kappa shape index (κ2) is 9.01. The Hall–Kier alpha value is -3.95. The number of rotatable bonds is 6. The Balaban J connectivity index is 1.56. The van der Waals surface area contributed by atoms with Gasteiger partial charge in [0, 0.05) is 23.2 Å². The lowest BCUT2D eigenvalue weighted by Crippen LogP contribution is -2.13. The van der Waals surface area contributed by atoms with E-state index in [0.29, 0.717) is 28.0 Å². The minimum absolute atomic E-state index is 0.0508. The van der Waals surface area contributed by atoms with Crippen LogP contribution in [0.4, 0.5) is 10.2 Å². The van der Waals surface area contributed by atoms with Crippen molar-refractivity contribution >= 4 is 38.2 Å². The summed E-state index contributed by atoms with van der Waals surface area (Å²) < 4.78 is 52.1. The smallest absolute Gasteiger partial charge is 0.263 e. The van der Waals surface area contributed by atoms with Crippen molar-refractivity contribution in [3.05, 3.63) is 90.0 Å². The van der Waals surface area contributed by atoms with E-state index in [0.717, 1.165) is 10.9 Å². The van der Waals surface area contributed by atoms with Crippen LogP contribution in [0.2, 0.25) is 5.02 Å². The van der Waals surface area contributed by atoms with E-state index in [1.54, 1.807) is 36.5 Å². The molecule has 0 spiro atoms. The monoisotopic (exact) mass is 509 g/mol. The molecule has 0 fully saturated rings. The maximum Gasteiger partial charge on any atom is 0.263 e. The van der Waals surface area contributed by atoms with E-state index in [2.05, 4.69) is 19.4 Å². The summed E-state index contributed by atoms with van der Waals surface area (Å²) in [5, 5.41) is 5.04. The zero-order valence-corrected chi connectivity index (χ0v) is 19.8. The number of hydrogen-bond acceptors (Lipinski definition) is 6. The van der Waals surface area contributed by atoms with E-state index in [1.807, 2.05) is 12.1 Å². The number of sulfonamides is 1. The van der Waals surface area contributed by atoms with Gasteiger partial charge in [0.05, 0.1) is 22.7 Å². The summed E-state index contributed by atoms with van der Waals surface area (Å²) in [7, 11) is -2.33. The van der Waals surface area contributed by atoms with Crippen molar-refractivity contribution in [3.8, 4) is 28.1 Å². The first-order valence-electron chi connectivity index (χ1n) is 10.3. The standard InChI is InChI=1S/C25H17ClFN3O4S/c1-33-23-14-16(15-3-7-21(26)22(27)13-15)2-5-20(23)25-19-6-4-18(12-17(19)8-10-28-25)35(31,32)30-24-9-11-34-29-24/h2-14H,1H3,(H,29,30). The third-order valence-corrected chi connectivity index (χ3v) is 7.09. The first-order valence-corrected chi connectivity index (χ1v) is 12.2. The van der Waals surface area contributed by atoms with E-state index in [-0.39, 0.29) is 15.7 Å². The maximum atomic E-state index is 14.0. The van der Waals surface area contributed by atoms with Crippen molar-refractivity contribution in [2.75, 3.05) is 11.8 Å². The van der Waals surface area contributed by atoms with Crippen LogP contribution in [-0.2, 0) is 10.0 Å². The molecular weight excluding hydrogens is 493 g/mol. The number of aromatic nitrogens is 2. The van der Waals surface area contributed by atoms with Gasteiger partial charge in [-0.15, -0.1) is 0 Å². The molecule has 7 nitrogen and oxygen atoms in total. The topological polar surface area (TPSA) is 94.3 Å². The molecule has 0 bridgehead atoms. The highest BCUT2D eigenvalue weighted by Gasteiger charge is 2.18. The van der Waals surface area contributed by atoms with E-state index in [9.17, 15) is 12.8 Å². The number of methoxy groups -OCH3 is 1. The van der Waals surface area contributed by atoms with Crippen LogP contribution in [-0.4, -0.2) is 25.7 Å². The van der Waals surface area contributed by atoms with Gasteiger partial charge in [-0.2, -0.15) is 0 Å². The van der Waals surface area contributed by atoms with Crippen molar-refractivity contribution in [1.82, 2.24) is 10.1 Å². The Morgan fingerprint density at radius 3 is 2.54 bits per heavy atom. The minimum Gasteiger partial charge on any atom is -0.496 e. The molecule has 5 aromatic rings. The molecule has 10 heteroatoms. The van der Waals surface area contributed by atoms with Gasteiger partial charge in [0.25, 0.3) is 10.0 Å². The number of ether oxygens (including phenoxy) is 1. The molecule has 0 aliphatic heterocycles. The lowest BCUT2D eigenvalue weighted by atomic mass is 9.99. The van der Waals surface area contributed by atoms with Crippen LogP contribution >= 0.6 is 11.6 Å². The predicted molar refractivity (Wildman–Crippen MR) is 131 cm³/mol. The number of halogens is 2. The molecule has 0 saturated heterocycles. The summed E-state index contributed by atoms with van der Waals surface area (Å²) in [4.78, 5) is 4.59. The molecule has 0 atom stereocenters. The molecule has 35 heavy (non-hydrogen) atoms. The number of benzene rings is 3. The van der Waals surface area contributed by atoms with Crippen molar-refractivity contribution in [3.63, 3.8) is 0 Å². The molecule has 176 valence electrons. The summed E-state index contributed by atoms with van der Waals surface area (Å²) in [5.74, 6) is 0.111. The van der Waals surface area contributed by atoms with Gasteiger partial charge in [-0.3, -0.25) is 9.71 Å². The van der Waals surface area contributed by atoms with Crippen LogP contribution in [0.25, 0.3) is 33.2 Å². The van der Waals surface area contributed by atoms with Crippen LogP contribution in [0.1, 0.15) is 0 Å². The zero-order chi connectivity index (χ0) is 24.6. The van der Waals surface area contributed by atoms with Gasteiger partial charge in [0.1, 0.15) is 17.8 Å². The van der Waals surface area contributed by atoms with Gasteiger partial charge in [-0.25, -0.2) is 12.8 Å². The average Bonchev–Trinajstić information content (AvgIpc) is 3.37. The summed E-state index contributed by atoms with van der Waals surface area (Å²) in [6.07, 6.45) is 2.87. The molecular formula is C25H17ClFN3O4S. The number of pyridine rings is 1. The first kappa shape index (κ1) is 22.8. The summed E-state index contributed by atoms with van der Waals surface area (Å²) in [6, 6.07) is 17.9.